The van der Waals surface area contributed by atoms with Crippen molar-refractivity contribution in [3.8, 4) is 0 Å². The van der Waals surface area contributed by atoms with E-state index >= 15 is 0 Å². The summed E-state index contributed by atoms with van der Waals surface area (Å²) in [4.78, 5) is 43.0. The van der Waals surface area contributed by atoms with Gasteiger partial charge in [0.25, 0.3) is 14.2 Å². The van der Waals surface area contributed by atoms with E-state index < -0.39 is 20.5 Å². The lowest BCUT2D eigenvalue weighted by molar-refractivity contribution is -0.124. The summed E-state index contributed by atoms with van der Waals surface area (Å²) in [5.74, 6) is -0.636. The van der Waals surface area contributed by atoms with Gasteiger partial charge in [-0.25, -0.2) is 4.79 Å². The van der Waals surface area contributed by atoms with E-state index in [0.29, 0.717) is 38.8 Å². The minimum absolute atomic E-state index is 0.0257. The molecule has 6 rings (SSSR count). The molecular formula is C37H39Cl2N3O5SSi. The molecule has 49 heavy (non-hydrogen) atoms. The minimum Gasteiger partial charge on any atom is -0.442 e. The number of nitrogens with one attached hydrogen (secondary N) is 1. The largest absolute Gasteiger partial charge is 0.442 e. The number of carbonyl (C=O) groups excluding carboxylic acids is 3. The van der Waals surface area contributed by atoms with Gasteiger partial charge in [-0.3, -0.25) is 14.5 Å². The summed E-state index contributed by atoms with van der Waals surface area (Å²) in [5.41, 5.74) is 1.14. The number of nitrogens with zero attached hydrogens (tertiary/aromatic N) is 2. The number of amides is 3. The van der Waals surface area contributed by atoms with Gasteiger partial charge in [-0.1, -0.05) is 105 Å². The topological polar surface area (TPSA) is 88.2 Å². The number of anilines is 2. The number of piperidine rings is 1. The number of hydrogen-bond acceptors (Lipinski definition) is 6. The fourth-order valence-corrected chi connectivity index (χ4v) is 12.6. The Balaban J connectivity index is 1.15. The molecule has 4 aromatic rings. The number of rotatable bonds is 10. The number of benzene rings is 3. The lowest BCUT2D eigenvalue weighted by Crippen LogP contribution is -2.67. The summed E-state index contributed by atoms with van der Waals surface area (Å²) in [6.07, 6.45) is 0.463. The average Bonchev–Trinajstić information content (AvgIpc) is 3.70. The van der Waals surface area contributed by atoms with E-state index in [9.17, 15) is 14.4 Å². The van der Waals surface area contributed by atoms with Gasteiger partial charge in [0.1, 0.15) is 6.10 Å². The van der Waals surface area contributed by atoms with Crippen LogP contribution in [0.3, 0.4) is 0 Å². The van der Waals surface area contributed by atoms with Crippen molar-refractivity contribution in [2.24, 2.45) is 5.92 Å². The van der Waals surface area contributed by atoms with Crippen LogP contribution in [0.4, 0.5) is 16.2 Å². The zero-order chi connectivity index (χ0) is 34.8. The summed E-state index contributed by atoms with van der Waals surface area (Å²) < 4.78 is 13.2. The first-order valence-corrected chi connectivity index (χ1v) is 19.8. The van der Waals surface area contributed by atoms with Gasteiger partial charge in [0, 0.05) is 18.8 Å². The molecule has 0 radical (unpaired) electrons. The zero-order valence-corrected chi connectivity index (χ0v) is 31.0. The maximum atomic E-state index is 14.1. The highest BCUT2D eigenvalue weighted by Crippen LogP contribution is 2.39. The number of thiophene rings is 1. The molecule has 3 heterocycles. The maximum absolute atomic E-state index is 14.1. The summed E-state index contributed by atoms with van der Waals surface area (Å²) in [6, 6.07) is 29.4. The third kappa shape index (κ3) is 7.30. The molecule has 2 fully saturated rings. The van der Waals surface area contributed by atoms with Crippen LogP contribution < -0.4 is 25.5 Å². The Bertz CT molecular complexity index is 1780. The Morgan fingerprint density at radius 2 is 1.63 bits per heavy atom. The lowest BCUT2D eigenvalue weighted by Gasteiger charge is -2.44. The zero-order valence-electron chi connectivity index (χ0n) is 27.7. The normalized spacial score (nSPS) is 18.5. The molecule has 0 saturated carbocycles. The number of ether oxygens (including phenoxy) is 1. The van der Waals surface area contributed by atoms with Crippen LogP contribution in [0.5, 0.6) is 0 Å². The molecule has 1 aromatic heterocycles. The molecule has 2 atom stereocenters. The third-order valence-corrected chi connectivity index (χ3v) is 15.7. The molecular weight excluding hydrogens is 697 g/mol. The monoisotopic (exact) mass is 735 g/mol. The quantitative estimate of drug-likeness (QED) is 0.175. The maximum Gasteiger partial charge on any atom is 0.414 e. The summed E-state index contributed by atoms with van der Waals surface area (Å²) >= 11 is 13.9. The molecule has 0 bridgehead atoms. The van der Waals surface area contributed by atoms with Crippen LogP contribution in [0, 0.1) is 5.92 Å². The van der Waals surface area contributed by atoms with Crippen molar-refractivity contribution in [2.45, 2.75) is 44.8 Å². The number of halogens is 2. The van der Waals surface area contributed by atoms with Gasteiger partial charge in [-0.2, -0.15) is 0 Å². The highest BCUT2D eigenvalue weighted by molar-refractivity contribution is 7.18. The van der Waals surface area contributed by atoms with Gasteiger partial charge < -0.3 is 19.4 Å². The van der Waals surface area contributed by atoms with Crippen molar-refractivity contribution in [3.05, 3.63) is 105 Å². The van der Waals surface area contributed by atoms with E-state index in [2.05, 4.69) is 74.6 Å². The molecule has 0 spiro atoms. The van der Waals surface area contributed by atoms with Crippen LogP contribution in [0.25, 0.3) is 0 Å². The smallest absolute Gasteiger partial charge is 0.414 e. The van der Waals surface area contributed by atoms with Crippen LogP contribution in [0.1, 0.15) is 43.3 Å². The molecule has 1 N–H and O–H groups in total. The second-order valence-electron chi connectivity index (χ2n) is 13.4. The number of hydrogen-bond donors (Lipinski definition) is 1. The summed E-state index contributed by atoms with van der Waals surface area (Å²) in [5, 5.41) is 5.30. The van der Waals surface area contributed by atoms with E-state index in [1.54, 1.807) is 35.2 Å². The Morgan fingerprint density at radius 3 is 2.22 bits per heavy atom. The molecule has 256 valence electrons. The SMILES string of the molecule is CC(C)(C)[Si](OCC1CCCN(c2ccc(N3C[C@H](CNC(=O)c4ccc(Cl)s4)OC3=O)cc2Cl)C1=O)(c1ccccc1)c1ccccc1. The van der Waals surface area contributed by atoms with Gasteiger partial charge >= 0.3 is 6.09 Å². The molecule has 3 aromatic carbocycles. The summed E-state index contributed by atoms with van der Waals surface area (Å²) in [7, 11) is -2.81. The van der Waals surface area contributed by atoms with Crippen molar-refractivity contribution in [3.63, 3.8) is 0 Å². The second kappa shape index (κ2) is 14.7. The van der Waals surface area contributed by atoms with Gasteiger partial charge in [0.2, 0.25) is 5.91 Å². The molecule has 2 aliphatic heterocycles. The number of cyclic esters (lactones) is 1. The first-order valence-electron chi connectivity index (χ1n) is 16.4. The molecule has 1 unspecified atom stereocenters. The predicted molar refractivity (Wildman–Crippen MR) is 199 cm³/mol. The van der Waals surface area contributed by atoms with E-state index in [-0.39, 0.29) is 35.9 Å². The molecule has 3 amide bonds. The van der Waals surface area contributed by atoms with E-state index in [1.807, 2.05) is 12.1 Å². The Kier molecular flexibility index (Phi) is 10.5. The van der Waals surface area contributed by atoms with Crippen LogP contribution >= 0.6 is 34.5 Å². The fourth-order valence-electron chi connectivity index (χ4n) is 6.78. The molecule has 8 nitrogen and oxygen atoms in total. The summed E-state index contributed by atoms with van der Waals surface area (Å²) in [6.45, 7) is 7.92. The van der Waals surface area contributed by atoms with E-state index in [1.165, 1.54) is 26.6 Å². The first kappa shape index (κ1) is 35.2. The van der Waals surface area contributed by atoms with E-state index in [0.717, 1.165) is 12.8 Å². The van der Waals surface area contributed by atoms with Gasteiger partial charge in [0.15, 0.2) is 0 Å². The van der Waals surface area contributed by atoms with Crippen LogP contribution in [0.15, 0.2) is 91.0 Å². The Hall–Kier alpha value is -3.67. The lowest BCUT2D eigenvalue weighted by atomic mass is 9.97. The molecule has 12 heteroatoms. The Morgan fingerprint density at radius 1 is 0.959 bits per heavy atom. The molecule has 2 saturated heterocycles. The van der Waals surface area contributed by atoms with Crippen molar-refractivity contribution in [2.75, 3.05) is 36.0 Å². The van der Waals surface area contributed by atoms with Crippen molar-refractivity contribution in [1.82, 2.24) is 5.32 Å². The minimum atomic E-state index is -2.81. The Labute approximate surface area is 302 Å². The average molecular weight is 737 g/mol. The number of carbonyl (C=O) groups is 3. The van der Waals surface area contributed by atoms with Crippen LogP contribution in [-0.4, -0.2) is 58.6 Å². The third-order valence-electron chi connectivity index (χ3n) is 9.16. The van der Waals surface area contributed by atoms with Crippen LogP contribution in [0.2, 0.25) is 14.4 Å². The fraction of sp³-hybridized carbons (Fsp3) is 0.324. The molecule has 2 aliphatic rings. The van der Waals surface area contributed by atoms with Gasteiger partial charge in [0.05, 0.1) is 38.9 Å². The van der Waals surface area contributed by atoms with Crippen LogP contribution in [-0.2, 0) is 14.0 Å². The highest BCUT2D eigenvalue weighted by Gasteiger charge is 2.51. The van der Waals surface area contributed by atoms with E-state index in [4.69, 9.17) is 32.4 Å². The first-order chi connectivity index (χ1) is 23.5. The standard InChI is InChI=1S/C37H39Cl2N3O5SSi/c1-37(2,3)49(28-12-6-4-7-13-28,29-14-8-5-9-15-29)46-24-25-11-10-20-41(35(25)44)31-17-16-26(21-30(31)38)42-23-27(47-36(42)45)22-40-34(43)32-18-19-33(39)48-32/h4-9,12-19,21,25,27H,10-11,20,22-24H2,1-3H3,(H,40,43)/t25?,27-/m0/s1. The highest BCUT2D eigenvalue weighted by atomic mass is 35.5. The van der Waals surface area contributed by atoms with Gasteiger partial charge in [-0.05, 0) is 58.6 Å². The van der Waals surface area contributed by atoms with Crippen molar-refractivity contribution < 1.29 is 23.5 Å². The second-order valence-corrected chi connectivity index (χ2v) is 19.8. The van der Waals surface area contributed by atoms with Crippen molar-refractivity contribution in [1.29, 1.82) is 0 Å². The molecule has 0 aliphatic carbocycles. The predicted octanol–water partition coefficient (Wildman–Crippen LogP) is 7.13. The van der Waals surface area contributed by atoms with Crippen molar-refractivity contribution >= 4 is 82.5 Å². The van der Waals surface area contributed by atoms with Gasteiger partial charge in [-0.15, -0.1) is 11.3 Å².